The van der Waals surface area contributed by atoms with E-state index in [9.17, 15) is 4.79 Å². The van der Waals surface area contributed by atoms with Crippen LogP contribution in [-0.2, 0) is 4.79 Å². The minimum absolute atomic E-state index is 0.00406. The average molecular weight is 299 g/mol. The third-order valence-electron chi connectivity index (χ3n) is 2.69. The highest BCUT2D eigenvalue weighted by atomic mass is 35.5. The molecule has 1 aromatic rings. The van der Waals surface area contributed by atoms with Crippen molar-refractivity contribution in [2.45, 2.75) is 45.6 Å². The molecule has 20 heavy (non-hydrogen) atoms. The number of carbonyl (C=O) groups excluding carboxylic acids is 1. The fourth-order valence-electron chi connectivity index (χ4n) is 1.76. The predicted octanol–water partition coefficient (Wildman–Crippen LogP) is 3.58. The lowest BCUT2D eigenvalue weighted by molar-refractivity contribution is -0.116. The summed E-state index contributed by atoms with van der Waals surface area (Å²) in [5.41, 5.74) is 6.10. The third kappa shape index (κ3) is 6.26. The first kappa shape index (κ1) is 16.8. The summed E-state index contributed by atoms with van der Waals surface area (Å²) in [4.78, 5) is 11.7. The van der Waals surface area contributed by atoms with E-state index >= 15 is 0 Å². The normalized spacial score (nSPS) is 10.7. The summed E-state index contributed by atoms with van der Waals surface area (Å²) in [6, 6.07) is 5.27. The first-order chi connectivity index (χ1) is 9.52. The number of nitrogens with one attached hydrogen (secondary N) is 1. The molecule has 3 N–H and O–H groups in total. The van der Waals surface area contributed by atoms with Gasteiger partial charge in [-0.3, -0.25) is 4.79 Å². The molecule has 0 radical (unpaired) electrons. The van der Waals surface area contributed by atoms with E-state index in [0.717, 1.165) is 19.3 Å². The summed E-state index contributed by atoms with van der Waals surface area (Å²) in [6.45, 7) is 4.55. The van der Waals surface area contributed by atoms with Crippen LogP contribution in [0.15, 0.2) is 18.2 Å². The van der Waals surface area contributed by atoms with Gasteiger partial charge in [0, 0.05) is 12.1 Å². The van der Waals surface area contributed by atoms with Crippen LogP contribution >= 0.6 is 11.6 Å². The lowest BCUT2D eigenvalue weighted by atomic mass is 10.2. The average Bonchev–Trinajstić information content (AvgIpc) is 2.37. The molecule has 0 aliphatic rings. The molecule has 112 valence electrons. The van der Waals surface area contributed by atoms with E-state index in [1.54, 1.807) is 18.2 Å². The standard InChI is InChI=1S/C15H23ClN2O2/c1-11(2)20-14-8-7-12(10-13(14)16)18-15(19)6-4-3-5-9-17/h7-8,10-11H,3-6,9,17H2,1-2H3,(H,18,19). The molecule has 1 rings (SSSR count). The number of unbranched alkanes of at least 4 members (excludes halogenated alkanes) is 2. The number of carbonyl (C=O) groups is 1. The molecule has 1 aromatic carbocycles. The minimum Gasteiger partial charge on any atom is -0.489 e. The molecule has 0 saturated heterocycles. The van der Waals surface area contributed by atoms with Gasteiger partial charge in [0.2, 0.25) is 5.91 Å². The van der Waals surface area contributed by atoms with Crippen molar-refractivity contribution in [2.75, 3.05) is 11.9 Å². The molecule has 0 bridgehead atoms. The zero-order valence-corrected chi connectivity index (χ0v) is 12.9. The zero-order chi connectivity index (χ0) is 15.0. The smallest absolute Gasteiger partial charge is 0.224 e. The van der Waals surface area contributed by atoms with Gasteiger partial charge in [-0.25, -0.2) is 0 Å². The maximum absolute atomic E-state index is 11.7. The maximum atomic E-state index is 11.7. The molecular formula is C15H23ClN2O2. The Bertz CT molecular complexity index is 436. The Balaban J connectivity index is 2.48. The van der Waals surface area contributed by atoms with E-state index in [0.29, 0.717) is 29.4 Å². The summed E-state index contributed by atoms with van der Waals surface area (Å²) in [6.07, 6.45) is 3.36. The number of anilines is 1. The zero-order valence-electron chi connectivity index (χ0n) is 12.1. The molecular weight excluding hydrogens is 276 g/mol. The topological polar surface area (TPSA) is 64.3 Å². The van der Waals surface area contributed by atoms with Crippen LogP contribution in [0.4, 0.5) is 5.69 Å². The van der Waals surface area contributed by atoms with E-state index in [-0.39, 0.29) is 12.0 Å². The molecule has 0 fully saturated rings. The van der Waals surface area contributed by atoms with Crippen molar-refractivity contribution in [3.8, 4) is 5.75 Å². The fraction of sp³-hybridized carbons (Fsp3) is 0.533. The Morgan fingerprint density at radius 1 is 1.35 bits per heavy atom. The summed E-state index contributed by atoms with van der Waals surface area (Å²) in [5.74, 6) is 0.623. The Morgan fingerprint density at radius 2 is 2.10 bits per heavy atom. The minimum atomic E-state index is -0.00406. The number of hydrogen-bond donors (Lipinski definition) is 2. The lowest BCUT2D eigenvalue weighted by Crippen LogP contribution is -2.11. The van der Waals surface area contributed by atoms with E-state index in [1.807, 2.05) is 13.8 Å². The molecule has 0 heterocycles. The second-order valence-electron chi connectivity index (χ2n) is 4.96. The van der Waals surface area contributed by atoms with Crippen molar-refractivity contribution in [2.24, 2.45) is 5.73 Å². The third-order valence-corrected chi connectivity index (χ3v) is 2.98. The van der Waals surface area contributed by atoms with Crippen LogP contribution in [0.5, 0.6) is 5.75 Å². The molecule has 0 aromatic heterocycles. The molecule has 0 aliphatic carbocycles. The van der Waals surface area contributed by atoms with Crippen molar-refractivity contribution in [1.82, 2.24) is 0 Å². The van der Waals surface area contributed by atoms with Crippen LogP contribution in [-0.4, -0.2) is 18.6 Å². The molecule has 0 spiro atoms. The number of hydrogen-bond acceptors (Lipinski definition) is 3. The van der Waals surface area contributed by atoms with Gasteiger partial charge in [0.05, 0.1) is 11.1 Å². The van der Waals surface area contributed by atoms with Gasteiger partial charge in [-0.1, -0.05) is 18.0 Å². The molecule has 4 nitrogen and oxygen atoms in total. The Morgan fingerprint density at radius 3 is 2.70 bits per heavy atom. The van der Waals surface area contributed by atoms with Crippen LogP contribution in [0.1, 0.15) is 39.5 Å². The first-order valence-electron chi connectivity index (χ1n) is 6.99. The van der Waals surface area contributed by atoms with Crippen molar-refractivity contribution in [3.05, 3.63) is 23.2 Å². The molecule has 0 saturated carbocycles. The van der Waals surface area contributed by atoms with E-state index < -0.39 is 0 Å². The van der Waals surface area contributed by atoms with Crippen molar-refractivity contribution >= 4 is 23.2 Å². The van der Waals surface area contributed by atoms with Crippen molar-refractivity contribution < 1.29 is 9.53 Å². The van der Waals surface area contributed by atoms with E-state index in [2.05, 4.69) is 5.32 Å². The number of amides is 1. The highest BCUT2D eigenvalue weighted by Gasteiger charge is 2.07. The van der Waals surface area contributed by atoms with Crippen LogP contribution in [0.2, 0.25) is 5.02 Å². The highest BCUT2D eigenvalue weighted by Crippen LogP contribution is 2.28. The summed E-state index contributed by atoms with van der Waals surface area (Å²) in [7, 11) is 0. The second-order valence-corrected chi connectivity index (χ2v) is 5.37. The number of halogens is 1. The van der Waals surface area contributed by atoms with Gasteiger partial charge >= 0.3 is 0 Å². The summed E-state index contributed by atoms with van der Waals surface area (Å²) in [5, 5.41) is 3.33. The lowest BCUT2D eigenvalue weighted by Gasteiger charge is -2.12. The molecule has 1 amide bonds. The van der Waals surface area contributed by atoms with Crippen molar-refractivity contribution in [1.29, 1.82) is 0 Å². The van der Waals surface area contributed by atoms with Crippen LogP contribution in [0.3, 0.4) is 0 Å². The number of nitrogens with two attached hydrogens (primary N) is 1. The monoisotopic (exact) mass is 298 g/mol. The SMILES string of the molecule is CC(C)Oc1ccc(NC(=O)CCCCCN)cc1Cl. The molecule has 5 heteroatoms. The maximum Gasteiger partial charge on any atom is 0.224 e. The Hall–Kier alpha value is -1.26. The molecule has 0 unspecified atom stereocenters. The van der Waals surface area contributed by atoms with Gasteiger partial charge in [-0.2, -0.15) is 0 Å². The quantitative estimate of drug-likeness (QED) is 0.721. The van der Waals surface area contributed by atoms with Crippen LogP contribution in [0, 0.1) is 0 Å². The van der Waals surface area contributed by atoms with Gasteiger partial charge in [-0.15, -0.1) is 0 Å². The number of benzene rings is 1. The molecule has 0 atom stereocenters. The van der Waals surface area contributed by atoms with Crippen LogP contribution < -0.4 is 15.8 Å². The van der Waals surface area contributed by atoms with Gasteiger partial charge in [0.25, 0.3) is 0 Å². The summed E-state index contributed by atoms with van der Waals surface area (Å²) >= 11 is 6.11. The van der Waals surface area contributed by atoms with Crippen molar-refractivity contribution in [3.63, 3.8) is 0 Å². The Labute approximate surface area is 125 Å². The summed E-state index contributed by atoms with van der Waals surface area (Å²) < 4.78 is 5.54. The van der Waals surface area contributed by atoms with Gasteiger partial charge in [0.15, 0.2) is 0 Å². The largest absolute Gasteiger partial charge is 0.489 e. The van der Waals surface area contributed by atoms with Gasteiger partial charge < -0.3 is 15.8 Å². The highest BCUT2D eigenvalue weighted by molar-refractivity contribution is 6.32. The van der Waals surface area contributed by atoms with Crippen LogP contribution in [0.25, 0.3) is 0 Å². The second kappa shape index (κ2) is 8.82. The first-order valence-corrected chi connectivity index (χ1v) is 7.37. The predicted molar refractivity (Wildman–Crippen MR) is 83.4 cm³/mol. The number of rotatable bonds is 8. The fourth-order valence-corrected chi connectivity index (χ4v) is 1.98. The van der Waals surface area contributed by atoms with E-state index in [1.165, 1.54) is 0 Å². The van der Waals surface area contributed by atoms with E-state index in [4.69, 9.17) is 22.1 Å². The molecule has 0 aliphatic heterocycles. The number of ether oxygens (including phenoxy) is 1. The Kier molecular flexibility index (Phi) is 7.41. The van der Waals surface area contributed by atoms with Gasteiger partial charge in [0.1, 0.15) is 5.75 Å². The van der Waals surface area contributed by atoms with Gasteiger partial charge in [-0.05, 0) is 51.4 Å².